The molecule has 86 valence electrons. The van der Waals surface area contributed by atoms with Crippen molar-refractivity contribution < 1.29 is 5.11 Å². The van der Waals surface area contributed by atoms with Crippen LogP contribution in [-0.4, -0.2) is 17.5 Å². The van der Waals surface area contributed by atoms with E-state index in [9.17, 15) is 0 Å². The lowest BCUT2D eigenvalue weighted by Crippen LogP contribution is -1.84. The zero-order chi connectivity index (χ0) is 10.5. The lowest BCUT2D eigenvalue weighted by molar-refractivity contribution is 0.282. The first-order valence-electron chi connectivity index (χ1n) is 6.13. The van der Waals surface area contributed by atoms with Gasteiger partial charge in [-0.15, -0.1) is 0 Å². The van der Waals surface area contributed by atoms with Crippen LogP contribution in [0.15, 0.2) is 0 Å². The third kappa shape index (κ3) is 12.3. The summed E-state index contributed by atoms with van der Waals surface area (Å²) in [5, 5.41) is 8.58. The Morgan fingerprint density at radius 1 is 0.571 bits per heavy atom. The van der Waals surface area contributed by atoms with Gasteiger partial charge in [0.05, 0.1) is 0 Å². The largest absolute Gasteiger partial charge is 0.396 e. The highest BCUT2D eigenvalue weighted by Crippen LogP contribution is 2.10. The fourth-order valence-electron chi connectivity index (χ4n) is 1.64. The van der Waals surface area contributed by atoms with E-state index in [1.165, 1.54) is 57.8 Å². The Morgan fingerprint density at radius 2 is 0.929 bits per heavy atom. The lowest BCUT2D eigenvalue weighted by atomic mass is 10.1. The molecule has 0 aliphatic carbocycles. The molecule has 0 aromatic heterocycles. The zero-order valence-corrected chi connectivity index (χ0v) is 10.3. The first-order valence-corrected chi connectivity index (χ1v) is 6.76. The van der Waals surface area contributed by atoms with E-state index >= 15 is 0 Å². The molecule has 0 atom stereocenters. The Bertz CT molecular complexity index is 84.3. The van der Waals surface area contributed by atoms with Crippen LogP contribution in [0.25, 0.3) is 0 Å². The summed E-state index contributed by atoms with van der Waals surface area (Å²) >= 11 is 4.19. The number of hydrogen-bond acceptors (Lipinski definition) is 2. The predicted molar refractivity (Wildman–Crippen MR) is 67.1 cm³/mol. The first kappa shape index (κ1) is 14.3. The van der Waals surface area contributed by atoms with E-state index in [0.29, 0.717) is 6.61 Å². The smallest absolute Gasteiger partial charge is 0.0431 e. The quantitative estimate of drug-likeness (QED) is 0.399. The van der Waals surface area contributed by atoms with Gasteiger partial charge < -0.3 is 5.11 Å². The maximum atomic E-state index is 8.58. The Labute approximate surface area is 94.7 Å². The molecule has 2 heteroatoms. The summed E-state index contributed by atoms with van der Waals surface area (Å²) in [4.78, 5) is 0. The molecule has 1 nitrogen and oxygen atoms in total. The second kappa shape index (κ2) is 13.3. The van der Waals surface area contributed by atoms with Gasteiger partial charge >= 0.3 is 0 Å². The van der Waals surface area contributed by atoms with Gasteiger partial charge in [-0.3, -0.25) is 0 Å². The van der Waals surface area contributed by atoms with E-state index in [2.05, 4.69) is 12.6 Å². The van der Waals surface area contributed by atoms with Crippen molar-refractivity contribution in [1.82, 2.24) is 0 Å². The normalized spacial score (nSPS) is 10.7. The number of hydrogen-bond donors (Lipinski definition) is 2. The van der Waals surface area contributed by atoms with Crippen molar-refractivity contribution in [3.63, 3.8) is 0 Å². The molecule has 1 N–H and O–H groups in total. The van der Waals surface area contributed by atoms with E-state index in [1.807, 2.05) is 0 Å². The average molecular weight is 218 g/mol. The van der Waals surface area contributed by atoms with E-state index in [1.54, 1.807) is 0 Å². The summed E-state index contributed by atoms with van der Waals surface area (Å²) in [5.41, 5.74) is 0. The minimum Gasteiger partial charge on any atom is -0.396 e. The van der Waals surface area contributed by atoms with Crippen molar-refractivity contribution in [3.05, 3.63) is 0 Å². The van der Waals surface area contributed by atoms with Crippen molar-refractivity contribution in [2.75, 3.05) is 12.4 Å². The van der Waals surface area contributed by atoms with Gasteiger partial charge in [0.25, 0.3) is 0 Å². The fraction of sp³-hybridized carbons (Fsp3) is 1.00. The number of aliphatic hydroxyl groups excluding tert-OH is 1. The van der Waals surface area contributed by atoms with Crippen LogP contribution in [0.4, 0.5) is 0 Å². The Morgan fingerprint density at radius 3 is 1.29 bits per heavy atom. The molecule has 0 bridgehead atoms. The summed E-state index contributed by atoms with van der Waals surface area (Å²) in [7, 11) is 0. The van der Waals surface area contributed by atoms with Crippen LogP contribution < -0.4 is 0 Å². The zero-order valence-electron chi connectivity index (χ0n) is 9.38. The molecular weight excluding hydrogens is 192 g/mol. The van der Waals surface area contributed by atoms with Crippen molar-refractivity contribution in [2.45, 2.75) is 64.2 Å². The van der Waals surface area contributed by atoms with Gasteiger partial charge in [0, 0.05) is 6.61 Å². The maximum absolute atomic E-state index is 8.58. The molecule has 0 aliphatic heterocycles. The van der Waals surface area contributed by atoms with Crippen LogP contribution >= 0.6 is 12.6 Å². The van der Waals surface area contributed by atoms with Crippen LogP contribution in [0, 0.1) is 0 Å². The summed E-state index contributed by atoms with van der Waals surface area (Å²) < 4.78 is 0. The molecule has 0 unspecified atom stereocenters. The van der Waals surface area contributed by atoms with Crippen molar-refractivity contribution in [3.8, 4) is 0 Å². The Balaban J connectivity index is 2.78. The van der Waals surface area contributed by atoms with Crippen LogP contribution in [0.3, 0.4) is 0 Å². The molecule has 0 radical (unpaired) electrons. The van der Waals surface area contributed by atoms with Crippen LogP contribution in [0.5, 0.6) is 0 Å². The van der Waals surface area contributed by atoms with Gasteiger partial charge in [-0.1, -0.05) is 51.4 Å². The van der Waals surface area contributed by atoms with Gasteiger partial charge in [0.15, 0.2) is 0 Å². The molecule has 0 fully saturated rings. The molecule has 0 saturated heterocycles. The molecule has 14 heavy (non-hydrogen) atoms. The van der Waals surface area contributed by atoms with Crippen LogP contribution in [0.2, 0.25) is 0 Å². The second-order valence-corrected chi connectivity index (χ2v) is 4.43. The number of unbranched alkanes of at least 4 members (excludes halogenated alkanes) is 9. The average Bonchev–Trinajstić information content (AvgIpc) is 2.21. The molecule has 0 aromatic rings. The number of thiol groups is 1. The molecule has 0 amide bonds. The Kier molecular flexibility index (Phi) is 13.6. The third-order valence-electron chi connectivity index (χ3n) is 2.57. The minimum absolute atomic E-state index is 0.365. The van der Waals surface area contributed by atoms with Crippen LogP contribution in [-0.2, 0) is 0 Å². The van der Waals surface area contributed by atoms with Gasteiger partial charge in [-0.05, 0) is 18.6 Å². The maximum Gasteiger partial charge on any atom is 0.0431 e. The highest BCUT2D eigenvalue weighted by atomic mass is 32.1. The molecule has 0 heterocycles. The van der Waals surface area contributed by atoms with Crippen molar-refractivity contribution in [2.24, 2.45) is 0 Å². The van der Waals surface area contributed by atoms with E-state index in [0.717, 1.165) is 12.2 Å². The molecule has 0 spiro atoms. The molecular formula is C12H26OS. The molecule has 0 rings (SSSR count). The van der Waals surface area contributed by atoms with Gasteiger partial charge in [0.1, 0.15) is 0 Å². The highest BCUT2D eigenvalue weighted by Gasteiger charge is 1.91. The first-order chi connectivity index (χ1) is 6.91. The van der Waals surface area contributed by atoms with Gasteiger partial charge in [-0.2, -0.15) is 12.6 Å². The van der Waals surface area contributed by atoms with E-state index in [-0.39, 0.29) is 0 Å². The standard InChI is InChI=1S/C12H26OS/c13-11-9-7-5-3-1-2-4-6-8-10-12-14/h13-14H,1-12H2. The van der Waals surface area contributed by atoms with E-state index in [4.69, 9.17) is 5.11 Å². The molecule has 0 aromatic carbocycles. The summed E-state index contributed by atoms with van der Waals surface area (Å²) in [5.74, 6) is 1.04. The van der Waals surface area contributed by atoms with Crippen LogP contribution in [0.1, 0.15) is 64.2 Å². The van der Waals surface area contributed by atoms with Crippen molar-refractivity contribution in [1.29, 1.82) is 0 Å². The number of rotatable bonds is 11. The highest BCUT2D eigenvalue weighted by molar-refractivity contribution is 7.80. The predicted octanol–water partition coefficient (Wildman–Crippen LogP) is 3.81. The summed E-state index contributed by atoms with van der Waals surface area (Å²) in [6.45, 7) is 0.365. The SMILES string of the molecule is OCCCCCCCCCCCCS. The summed E-state index contributed by atoms with van der Waals surface area (Å²) in [6, 6.07) is 0. The topological polar surface area (TPSA) is 20.2 Å². The Hall–Kier alpha value is 0.310. The van der Waals surface area contributed by atoms with Crippen molar-refractivity contribution >= 4 is 12.6 Å². The molecule has 0 saturated carbocycles. The lowest BCUT2D eigenvalue weighted by Gasteiger charge is -2.01. The minimum atomic E-state index is 0.365. The summed E-state index contributed by atoms with van der Waals surface area (Å²) in [6.07, 6.45) is 13.0. The molecule has 0 aliphatic rings. The van der Waals surface area contributed by atoms with E-state index < -0.39 is 0 Å². The van der Waals surface area contributed by atoms with Gasteiger partial charge in [0.2, 0.25) is 0 Å². The fourth-order valence-corrected chi connectivity index (χ4v) is 1.86. The number of aliphatic hydroxyl groups is 1. The monoisotopic (exact) mass is 218 g/mol. The second-order valence-electron chi connectivity index (χ2n) is 3.98. The third-order valence-corrected chi connectivity index (χ3v) is 2.88. The van der Waals surface area contributed by atoms with Gasteiger partial charge in [-0.25, -0.2) is 0 Å².